The highest BCUT2D eigenvalue weighted by atomic mass is 35.5. The number of benzene rings is 1. The van der Waals surface area contributed by atoms with E-state index in [0.29, 0.717) is 17.1 Å². The number of pyridine rings is 1. The largest absolute Gasteiger partial charge is 0.380 e. The highest BCUT2D eigenvalue weighted by molar-refractivity contribution is 6.30. The van der Waals surface area contributed by atoms with Crippen molar-refractivity contribution < 1.29 is 4.39 Å². The molecule has 0 saturated heterocycles. The van der Waals surface area contributed by atoms with Crippen molar-refractivity contribution in [1.82, 2.24) is 4.57 Å². The number of nitrogens with one attached hydrogen (secondary N) is 1. The highest BCUT2D eigenvalue weighted by Crippen LogP contribution is 2.15. The molecule has 0 aliphatic heterocycles. The van der Waals surface area contributed by atoms with Gasteiger partial charge in [0.1, 0.15) is 5.82 Å². The van der Waals surface area contributed by atoms with Crippen molar-refractivity contribution in [2.24, 2.45) is 7.05 Å². The summed E-state index contributed by atoms with van der Waals surface area (Å²) < 4.78 is 15.0. The molecule has 2 aromatic rings. The maximum absolute atomic E-state index is 13.5. The maximum Gasteiger partial charge on any atom is 0.250 e. The van der Waals surface area contributed by atoms with E-state index in [1.165, 1.54) is 16.7 Å². The van der Waals surface area contributed by atoms with E-state index in [1.54, 1.807) is 31.4 Å². The third kappa shape index (κ3) is 2.90. The molecule has 2 rings (SSSR count). The molecular weight excluding hydrogens is 255 g/mol. The monoisotopic (exact) mass is 266 g/mol. The summed E-state index contributed by atoms with van der Waals surface area (Å²) in [4.78, 5) is 11.2. The predicted octanol–water partition coefficient (Wildman–Crippen LogP) is 2.79. The minimum Gasteiger partial charge on any atom is -0.380 e. The molecule has 0 aliphatic rings. The smallest absolute Gasteiger partial charge is 0.250 e. The minimum atomic E-state index is -0.347. The molecule has 0 spiro atoms. The van der Waals surface area contributed by atoms with Crippen molar-refractivity contribution in [3.05, 3.63) is 63.3 Å². The van der Waals surface area contributed by atoms with Crippen LogP contribution in [-0.4, -0.2) is 4.57 Å². The van der Waals surface area contributed by atoms with E-state index in [9.17, 15) is 9.18 Å². The standard InChI is InChI=1S/C13H12ClFN2O/c1-17-8-11(4-5-13(17)18)16-7-9-2-3-10(14)6-12(9)15/h2-6,8,16H,7H2,1H3. The molecule has 0 fully saturated rings. The molecule has 0 saturated carbocycles. The second-order valence-electron chi connectivity index (χ2n) is 3.96. The zero-order chi connectivity index (χ0) is 13.1. The Balaban J connectivity index is 2.11. The molecule has 1 aromatic carbocycles. The van der Waals surface area contributed by atoms with Gasteiger partial charge in [-0.1, -0.05) is 17.7 Å². The van der Waals surface area contributed by atoms with E-state index in [-0.39, 0.29) is 11.4 Å². The van der Waals surface area contributed by atoms with Gasteiger partial charge in [-0.15, -0.1) is 0 Å². The Morgan fingerprint density at radius 3 is 2.78 bits per heavy atom. The Labute approximate surface area is 109 Å². The van der Waals surface area contributed by atoms with Crippen molar-refractivity contribution >= 4 is 17.3 Å². The number of aryl methyl sites for hydroxylation is 1. The van der Waals surface area contributed by atoms with Crippen molar-refractivity contribution in [3.8, 4) is 0 Å². The van der Waals surface area contributed by atoms with E-state index in [4.69, 9.17) is 11.6 Å². The predicted molar refractivity (Wildman–Crippen MR) is 70.4 cm³/mol. The van der Waals surface area contributed by atoms with E-state index in [1.807, 2.05) is 0 Å². The Morgan fingerprint density at radius 2 is 2.11 bits per heavy atom. The van der Waals surface area contributed by atoms with Gasteiger partial charge in [-0.2, -0.15) is 0 Å². The van der Waals surface area contributed by atoms with Crippen LogP contribution in [0.15, 0.2) is 41.3 Å². The lowest BCUT2D eigenvalue weighted by Crippen LogP contribution is -2.15. The number of anilines is 1. The van der Waals surface area contributed by atoms with Crippen LogP contribution in [0.3, 0.4) is 0 Å². The van der Waals surface area contributed by atoms with Gasteiger partial charge in [-0.05, 0) is 18.2 Å². The average molecular weight is 267 g/mol. The van der Waals surface area contributed by atoms with Crippen LogP contribution in [0.5, 0.6) is 0 Å². The van der Waals surface area contributed by atoms with E-state index >= 15 is 0 Å². The van der Waals surface area contributed by atoms with Crippen LogP contribution in [0.4, 0.5) is 10.1 Å². The first-order valence-electron chi connectivity index (χ1n) is 5.41. The Bertz CT molecular complexity index is 625. The van der Waals surface area contributed by atoms with Gasteiger partial charge in [0.2, 0.25) is 5.56 Å². The molecule has 0 aliphatic carbocycles. The van der Waals surface area contributed by atoms with Crippen molar-refractivity contribution in [1.29, 1.82) is 0 Å². The molecule has 1 N–H and O–H groups in total. The summed E-state index contributed by atoms with van der Waals surface area (Å²) in [5, 5.41) is 3.42. The lowest BCUT2D eigenvalue weighted by atomic mass is 10.2. The lowest BCUT2D eigenvalue weighted by molar-refractivity contribution is 0.613. The van der Waals surface area contributed by atoms with E-state index in [2.05, 4.69) is 5.32 Å². The third-order valence-corrected chi connectivity index (χ3v) is 2.82. The van der Waals surface area contributed by atoms with Gasteiger partial charge in [0, 0.05) is 36.4 Å². The Hall–Kier alpha value is -1.81. The molecule has 1 aromatic heterocycles. The molecule has 5 heteroatoms. The number of hydrogen-bond acceptors (Lipinski definition) is 2. The zero-order valence-electron chi connectivity index (χ0n) is 9.78. The van der Waals surface area contributed by atoms with Gasteiger partial charge in [0.15, 0.2) is 0 Å². The fourth-order valence-corrected chi connectivity index (χ4v) is 1.72. The van der Waals surface area contributed by atoms with Crippen LogP contribution in [0.1, 0.15) is 5.56 Å². The first-order valence-corrected chi connectivity index (χ1v) is 5.78. The summed E-state index contributed by atoms with van der Waals surface area (Å²) in [7, 11) is 1.66. The van der Waals surface area contributed by atoms with E-state index < -0.39 is 0 Å². The molecule has 0 unspecified atom stereocenters. The van der Waals surface area contributed by atoms with Crippen molar-refractivity contribution in [2.75, 3.05) is 5.32 Å². The number of rotatable bonds is 3. The molecule has 94 valence electrons. The summed E-state index contributed by atoms with van der Waals surface area (Å²) in [5.41, 5.74) is 1.19. The fraction of sp³-hybridized carbons (Fsp3) is 0.154. The molecule has 0 radical (unpaired) electrons. The maximum atomic E-state index is 13.5. The van der Waals surface area contributed by atoms with Gasteiger partial charge < -0.3 is 9.88 Å². The summed E-state index contributed by atoms with van der Waals surface area (Å²) >= 11 is 5.67. The van der Waals surface area contributed by atoms with E-state index in [0.717, 1.165) is 5.69 Å². The summed E-state index contributed by atoms with van der Waals surface area (Å²) in [6.07, 6.45) is 1.66. The van der Waals surface area contributed by atoms with Gasteiger partial charge in [0.05, 0.1) is 5.69 Å². The van der Waals surface area contributed by atoms with Gasteiger partial charge >= 0.3 is 0 Å². The van der Waals surface area contributed by atoms with Crippen LogP contribution in [0, 0.1) is 5.82 Å². The molecule has 0 amide bonds. The number of aromatic nitrogens is 1. The summed E-state index contributed by atoms with van der Waals surface area (Å²) in [6.45, 7) is 0.335. The van der Waals surface area contributed by atoms with Crippen molar-refractivity contribution in [2.45, 2.75) is 6.54 Å². The van der Waals surface area contributed by atoms with Crippen LogP contribution < -0.4 is 10.9 Å². The second-order valence-corrected chi connectivity index (χ2v) is 4.39. The van der Waals surface area contributed by atoms with Gasteiger partial charge in [0.25, 0.3) is 0 Å². The fourth-order valence-electron chi connectivity index (χ4n) is 1.56. The van der Waals surface area contributed by atoms with Crippen LogP contribution in [0.25, 0.3) is 0 Å². The van der Waals surface area contributed by atoms with Crippen molar-refractivity contribution in [3.63, 3.8) is 0 Å². The molecule has 0 bridgehead atoms. The average Bonchev–Trinajstić information content (AvgIpc) is 2.32. The minimum absolute atomic E-state index is 0.0850. The first kappa shape index (κ1) is 12.6. The molecule has 0 atom stereocenters. The van der Waals surface area contributed by atoms with Crippen LogP contribution in [-0.2, 0) is 13.6 Å². The molecular formula is C13H12ClFN2O. The number of halogens is 2. The van der Waals surface area contributed by atoms with Crippen LogP contribution in [0.2, 0.25) is 5.02 Å². The van der Waals surface area contributed by atoms with Gasteiger partial charge in [-0.3, -0.25) is 4.79 Å². The Kier molecular flexibility index (Phi) is 3.67. The third-order valence-electron chi connectivity index (χ3n) is 2.58. The number of hydrogen-bond donors (Lipinski definition) is 1. The normalized spacial score (nSPS) is 10.4. The molecule has 18 heavy (non-hydrogen) atoms. The summed E-state index contributed by atoms with van der Waals surface area (Å²) in [5.74, 6) is -0.347. The topological polar surface area (TPSA) is 34.0 Å². The van der Waals surface area contributed by atoms with Crippen LogP contribution >= 0.6 is 11.6 Å². The second kappa shape index (κ2) is 5.23. The lowest BCUT2D eigenvalue weighted by Gasteiger charge is -2.08. The quantitative estimate of drug-likeness (QED) is 0.927. The SMILES string of the molecule is Cn1cc(NCc2ccc(Cl)cc2F)ccc1=O. The molecule has 3 nitrogen and oxygen atoms in total. The Morgan fingerprint density at radius 1 is 1.33 bits per heavy atom. The summed E-state index contributed by atoms with van der Waals surface area (Å²) in [6, 6.07) is 7.67. The zero-order valence-corrected chi connectivity index (χ0v) is 10.5. The molecule has 1 heterocycles. The highest BCUT2D eigenvalue weighted by Gasteiger charge is 2.03. The number of nitrogens with zero attached hydrogens (tertiary/aromatic N) is 1. The first-order chi connectivity index (χ1) is 8.56. The van der Waals surface area contributed by atoms with Gasteiger partial charge in [-0.25, -0.2) is 4.39 Å².